The van der Waals surface area contributed by atoms with Gasteiger partial charge in [-0.05, 0) is 51.5 Å². The van der Waals surface area contributed by atoms with Crippen LogP contribution < -0.4 is 5.32 Å². The van der Waals surface area contributed by atoms with E-state index in [0.29, 0.717) is 5.54 Å². The third-order valence-electron chi connectivity index (χ3n) is 4.31. The topological polar surface area (TPSA) is 24.5 Å². The summed E-state index contributed by atoms with van der Waals surface area (Å²) in [4.78, 5) is 2.65. The van der Waals surface area contributed by atoms with Gasteiger partial charge in [0.05, 0.1) is 0 Å². The predicted octanol–water partition coefficient (Wildman–Crippen LogP) is 1.88. The molecule has 0 radical (unpaired) electrons. The highest BCUT2D eigenvalue weighted by atomic mass is 16.5. The van der Waals surface area contributed by atoms with Crippen molar-refractivity contribution in [3.63, 3.8) is 0 Å². The monoisotopic (exact) mass is 240 g/mol. The number of nitrogens with zero attached hydrogens (tertiary/aromatic N) is 1. The molecule has 0 spiro atoms. The fourth-order valence-electron chi connectivity index (χ4n) is 3.04. The third kappa shape index (κ3) is 3.94. The van der Waals surface area contributed by atoms with Gasteiger partial charge in [-0.3, -0.25) is 0 Å². The van der Waals surface area contributed by atoms with Gasteiger partial charge in [-0.2, -0.15) is 0 Å². The molecule has 0 amide bonds. The predicted molar refractivity (Wildman–Crippen MR) is 71.3 cm³/mol. The Balaban J connectivity index is 1.63. The van der Waals surface area contributed by atoms with Gasteiger partial charge >= 0.3 is 0 Å². The van der Waals surface area contributed by atoms with Crippen LogP contribution in [0.3, 0.4) is 0 Å². The summed E-state index contributed by atoms with van der Waals surface area (Å²) in [7, 11) is 1.79. The second-order valence-corrected chi connectivity index (χ2v) is 5.95. The maximum Gasteiger partial charge on any atom is 0.0462 e. The van der Waals surface area contributed by atoms with Gasteiger partial charge in [-0.15, -0.1) is 0 Å². The van der Waals surface area contributed by atoms with Crippen LogP contribution in [-0.4, -0.2) is 50.3 Å². The average molecular weight is 240 g/mol. The van der Waals surface area contributed by atoms with Crippen molar-refractivity contribution in [1.82, 2.24) is 10.2 Å². The van der Waals surface area contributed by atoms with Gasteiger partial charge in [0.15, 0.2) is 0 Å². The summed E-state index contributed by atoms with van der Waals surface area (Å²) in [6.07, 6.45) is 6.71. The Morgan fingerprint density at radius 3 is 2.82 bits per heavy atom. The maximum atomic E-state index is 5.08. The van der Waals surface area contributed by atoms with Crippen LogP contribution in [0.15, 0.2) is 0 Å². The second kappa shape index (κ2) is 6.17. The lowest BCUT2D eigenvalue weighted by Gasteiger charge is -2.42. The molecule has 3 nitrogen and oxygen atoms in total. The van der Waals surface area contributed by atoms with Crippen molar-refractivity contribution in [2.75, 3.05) is 39.9 Å². The minimum absolute atomic E-state index is 0.408. The molecule has 2 rings (SSSR count). The number of rotatable bonds is 7. The summed E-state index contributed by atoms with van der Waals surface area (Å²) < 4.78 is 5.08. The van der Waals surface area contributed by atoms with Crippen LogP contribution in [-0.2, 0) is 4.74 Å². The summed E-state index contributed by atoms with van der Waals surface area (Å²) in [5, 5.41) is 3.74. The van der Waals surface area contributed by atoms with E-state index in [1.54, 1.807) is 7.11 Å². The van der Waals surface area contributed by atoms with Gasteiger partial charge in [-0.1, -0.05) is 0 Å². The Labute approximate surface area is 106 Å². The lowest BCUT2D eigenvalue weighted by molar-refractivity contribution is 0.124. The first-order valence-electron chi connectivity index (χ1n) is 7.21. The highest BCUT2D eigenvalue weighted by molar-refractivity contribution is 5.01. The van der Waals surface area contributed by atoms with Crippen molar-refractivity contribution in [3.05, 3.63) is 0 Å². The quantitative estimate of drug-likeness (QED) is 0.688. The Bertz CT molecular complexity index is 230. The number of hydrogen-bond donors (Lipinski definition) is 1. The van der Waals surface area contributed by atoms with Crippen LogP contribution in [0.5, 0.6) is 0 Å². The molecule has 0 bridgehead atoms. The molecule has 1 aliphatic heterocycles. The molecule has 0 aromatic carbocycles. The van der Waals surface area contributed by atoms with E-state index in [1.807, 2.05) is 0 Å². The fraction of sp³-hybridized carbons (Fsp3) is 1.00. The van der Waals surface area contributed by atoms with E-state index in [2.05, 4.69) is 17.1 Å². The van der Waals surface area contributed by atoms with Crippen LogP contribution in [0.2, 0.25) is 0 Å². The maximum absolute atomic E-state index is 5.08. The zero-order valence-electron chi connectivity index (χ0n) is 11.5. The number of piperazine rings is 1. The van der Waals surface area contributed by atoms with Crippen molar-refractivity contribution in [3.8, 4) is 0 Å². The zero-order chi connectivity index (χ0) is 12.1. The molecular formula is C14H28N2O. The molecule has 1 saturated carbocycles. The van der Waals surface area contributed by atoms with E-state index in [-0.39, 0.29) is 0 Å². The van der Waals surface area contributed by atoms with Gasteiger partial charge in [-0.25, -0.2) is 0 Å². The first-order valence-corrected chi connectivity index (χ1v) is 7.21. The van der Waals surface area contributed by atoms with Gasteiger partial charge < -0.3 is 15.0 Å². The van der Waals surface area contributed by atoms with Crippen molar-refractivity contribution >= 4 is 0 Å². The van der Waals surface area contributed by atoms with E-state index in [9.17, 15) is 0 Å². The number of methoxy groups -OCH3 is 1. The molecule has 1 aliphatic carbocycles. The summed E-state index contributed by atoms with van der Waals surface area (Å²) >= 11 is 0. The van der Waals surface area contributed by atoms with Crippen molar-refractivity contribution < 1.29 is 4.74 Å². The molecule has 1 heterocycles. The van der Waals surface area contributed by atoms with Gasteiger partial charge in [0, 0.05) is 38.9 Å². The Kier molecular flexibility index (Phi) is 4.83. The summed E-state index contributed by atoms with van der Waals surface area (Å²) in [6.45, 7) is 8.26. The molecule has 1 N–H and O–H groups in total. The van der Waals surface area contributed by atoms with E-state index in [0.717, 1.165) is 12.5 Å². The van der Waals surface area contributed by atoms with E-state index < -0.39 is 0 Å². The molecule has 2 fully saturated rings. The largest absolute Gasteiger partial charge is 0.385 e. The lowest BCUT2D eigenvalue weighted by Crippen LogP contribution is -2.60. The zero-order valence-corrected chi connectivity index (χ0v) is 11.5. The number of hydrogen-bond acceptors (Lipinski definition) is 3. The highest BCUT2D eigenvalue weighted by Crippen LogP contribution is 2.40. The summed E-state index contributed by atoms with van der Waals surface area (Å²) in [5.74, 6) is 0.943. The van der Waals surface area contributed by atoms with Gasteiger partial charge in [0.25, 0.3) is 0 Å². The van der Waals surface area contributed by atoms with E-state index in [1.165, 1.54) is 58.3 Å². The minimum Gasteiger partial charge on any atom is -0.385 e. The SMILES string of the molecule is COCCCCCN1CCNC(C)(C2CC2)C1. The third-order valence-corrected chi connectivity index (χ3v) is 4.31. The summed E-state index contributed by atoms with van der Waals surface area (Å²) in [6, 6.07) is 0. The average Bonchev–Trinajstić information content (AvgIpc) is 3.13. The van der Waals surface area contributed by atoms with Crippen LogP contribution in [0, 0.1) is 5.92 Å². The molecule has 0 aromatic rings. The molecule has 0 aromatic heterocycles. The fourth-order valence-corrected chi connectivity index (χ4v) is 3.04. The molecule has 100 valence electrons. The molecule has 3 heteroatoms. The Morgan fingerprint density at radius 1 is 1.29 bits per heavy atom. The van der Waals surface area contributed by atoms with E-state index in [4.69, 9.17) is 4.74 Å². The smallest absolute Gasteiger partial charge is 0.0462 e. The molecule has 1 unspecified atom stereocenters. The number of ether oxygens (including phenoxy) is 1. The standard InChI is InChI=1S/C14H28N2O/c1-14(13-6-7-13)12-16(10-8-15-14)9-4-3-5-11-17-2/h13,15H,3-12H2,1-2H3. The lowest BCUT2D eigenvalue weighted by atomic mass is 9.93. The van der Waals surface area contributed by atoms with Crippen molar-refractivity contribution in [2.45, 2.75) is 44.6 Å². The molecule has 1 atom stereocenters. The Hall–Kier alpha value is -0.120. The van der Waals surface area contributed by atoms with Crippen LogP contribution >= 0.6 is 0 Å². The molecule has 1 saturated heterocycles. The Morgan fingerprint density at radius 2 is 2.12 bits per heavy atom. The van der Waals surface area contributed by atoms with Gasteiger partial charge in [0.2, 0.25) is 0 Å². The number of unbranched alkanes of at least 4 members (excludes halogenated alkanes) is 2. The van der Waals surface area contributed by atoms with Crippen molar-refractivity contribution in [2.24, 2.45) is 5.92 Å². The number of nitrogens with one attached hydrogen (secondary N) is 1. The molecular weight excluding hydrogens is 212 g/mol. The van der Waals surface area contributed by atoms with Crippen LogP contribution in [0.25, 0.3) is 0 Å². The first-order chi connectivity index (χ1) is 8.24. The summed E-state index contributed by atoms with van der Waals surface area (Å²) in [5.41, 5.74) is 0.408. The van der Waals surface area contributed by atoms with Crippen LogP contribution in [0.1, 0.15) is 39.0 Å². The van der Waals surface area contributed by atoms with Crippen LogP contribution in [0.4, 0.5) is 0 Å². The minimum atomic E-state index is 0.408. The van der Waals surface area contributed by atoms with Gasteiger partial charge in [0.1, 0.15) is 0 Å². The normalized spacial score (nSPS) is 30.7. The van der Waals surface area contributed by atoms with Crippen molar-refractivity contribution in [1.29, 1.82) is 0 Å². The molecule has 2 aliphatic rings. The molecule has 17 heavy (non-hydrogen) atoms. The second-order valence-electron chi connectivity index (χ2n) is 5.95. The van der Waals surface area contributed by atoms with E-state index >= 15 is 0 Å². The first kappa shape index (κ1) is 13.3. The highest BCUT2D eigenvalue weighted by Gasteiger charge is 2.43.